The fourth-order valence-corrected chi connectivity index (χ4v) is 2.35. The van der Waals surface area contributed by atoms with Crippen LogP contribution in [0.5, 0.6) is 0 Å². The Morgan fingerprint density at radius 2 is 2.27 bits per heavy atom. The normalized spacial score (nSPS) is 25.7. The van der Waals surface area contributed by atoms with Crippen molar-refractivity contribution in [3.8, 4) is 0 Å². The van der Waals surface area contributed by atoms with Crippen LogP contribution in [0.2, 0.25) is 0 Å². The molecule has 0 aromatic heterocycles. The molecule has 0 amide bonds. The fraction of sp³-hybridized carbons (Fsp3) is 1.00. The van der Waals surface area contributed by atoms with Gasteiger partial charge in [0.05, 0.1) is 5.75 Å². The molecule has 1 aliphatic rings. The first-order valence-corrected chi connectivity index (χ1v) is 5.43. The van der Waals surface area contributed by atoms with Crippen LogP contribution in [0, 0.1) is 5.92 Å². The number of rotatable bonds is 3. The van der Waals surface area contributed by atoms with E-state index in [1.54, 1.807) is 0 Å². The van der Waals surface area contributed by atoms with Gasteiger partial charge in [0.25, 0.3) is 0 Å². The summed E-state index contributed by atoms with van der Waals surface area (Å²) in [6, 6.07) is -1.22. The Morgan fingerprint density at radius 1 is 1.55 bits per heavy atom. The topological polar surface area (TPSA) is 46.2 Å². The lowest BCUT2D eigenvalue weighted by Gasteiger charge is -2.05. The molecule has 0 radical (unpaired) electrons. The highest BCUT2D eigenvalue weighted by Crippen LogP contribution is 2.10. The van der Waals surface area contributed by atoms with Crippen molar-refractivity contribution in [2.75, 3.05) is 24.8 Å². The molecule has 1 N–H and O–H groups in total. The van der Waals surface area contributed by atoms with Gasteiger partial charge in [0.1, 0.15) is 0 Å². The number of hydrogen-bond donors (Lipinski definition) is 1. The lowest BCUT2D eigenvalue weighted by Crippen LogP contribution is -2.19. The molecule has 1 saturated heterocycles. The van der Waals surface area contributed by atoms with E-state index >= 15 is 0 Å². The van der Waals surface area contributed by atoms with Crippen molar-refractivity contribution in [3.05, 3.63) is 0 Å². The molecule has 1 fully saturated rings. The van der Waals surface area contributed by atoms with E-state index in [0.717, 1.165) is 13.0 Å². The maximum atomic E-state index is 11.8. The van der Waals surface area contributed by atoms with Crippen LogP contribution >= 0.6 is 0 Å². The largest absolute Gasteiger partial charge is 0.316 e. The molecule has 0 saturated carbocycles. The standard InChI is InChI=1S/C6H12FNO2S/c7-5-11(9,10)4-6-1-2-8-3-6/h6,8H,1-5H2. The molecule has 1 unspecified atom stereocenters. The lowest BCUT2D eigenvalue weighted by atomic mass is 10.2. The molecule has 0 spiro atoms. The summed E-state index contributed by atoms with van der Waals surface area (Å²) in [5, 5.41) is 3.03. The summed E-state index contributed by atoms with van der Waals surface area (Å²) in [7, 11) is -3.41. The van der Waals surface area contributed by atoms with Crippen molar-refractivity contribution >= 4 is 9.84 Å². The van der Waals surface area contributed by atoms with E-state index in [1.165, 1.54) is 0 Å². The van der Waals surface area contributed by atoms with Crippen LogP contribution in [-0.4, -0.2) is 33.3 Å². The van der Waals surface area contributed by atoms with Crippen molar-refractivity contribution in [3.63, 3.8) is 0 Å². The van der Waals surface area contributed by atoms with Gasteiger partial charge < -0.3 is 5.32 Å². The zero-order valence-corrected chi connectivity index (χ0v) is 7.03. The molecule has 1 atom stereocenters. The summed E-state index contributed by atoms with van der Waals surface area (Å²) in [6.07, 6.45) is 0.846. The van der Waals surface area contributed by atoms with Crippen molar-refractivity contribution in [1.82, 2.24) is 5.32 Å². The number of hydrogen-bond acceptors (Lipinski definition) is 3. The van der Waals surface area contributed by atoms with Crippen LogP contribution < -0.4 is 5.32 Å². The molecule has 0 aromatic rings. The molecule has 0 aromatic carbocycles. The van der Waals surface area contributed by atoms with Crippen LogP contribution in [-0.2, 0) is 9.84 Å². The van der Waals surface area contributed by atoms with Crippen molar-refractivity contribution < 1.29 is 12.8 Å². The van der Waals surface area contributed by atoms with Gasteiger partial charge in [-0.25, -0.2) is 12.8 Å². The van der Waals surface area contributed by atoms with Gasteiger partial charge in [0, 0.05) is 0 Å². The average molecular weight is 181 g/mol. The summed E-state index contributed by atoms with van der Waals surface area (Å²) in [5.74, 6) is 0.118. The third kappa shape index (κ3) is 2.75. The quantitative estimate of drug-likeness (QED) is 0.663. The summed E-state index contributed by atoms with van der Waals surface area (Å²) in [4.78, 5) is 0. The number of alkyl halides is 1. The second-order valence-electron chi connectivity index (χ2n) is 2.88. The Bertz CT molecular complexity index is 209. The predicted molar refractivity (Wildman–Crippen MR) is 40.7 cm³/mol. The molecule has 66 valence electrons. The Morgan fingerprint density at radius 3 is 2.73 bits per heavy atom. The lowest BCUT2D eigenvalue weighted by molar-refractivity contribution is 0.521. The maximum Gasteiger partial charge on any atom is 0.190 e. The Kier molecular flexibility index (Phi) is 2.84. The van der Waals surface area contributed by atoms with E-state index in [4.69, 9.17) is 0 Å². The number of sulfone groups is 1. The second kappa shape index (κ2) is 3.49. The van der Waals surface area contributed by atoms with E-state index in [9.17, 15) is 12.8 Å². The summed E-state index contributed by atoms with van der Waals surface area (Å²) >= 11 is 0. The number of halogens is 1. The highest BCUT2D eigenvalue weighted by Gasteiger charge is 2.21. The third-order valence-corrected chi connectivity index (χ3v) is 3.13. The highest BCUT2D eigenvalue weighted by molar-refractivity contribution is 7.91. The summed E-state index contributed by atoms with van der Waals surface area (Å²) in [6.45, 7) is 1.56. The van der Waals surface area contributed by atoms with E-state index < -0.39 is 15.8 Å². The molecule has 1 rings (SSSR count). The first-order valence-electron chi connectivity index (χ1n) is 3.61. The van der Waals surface area contributed by atoms with Gasteiger partial charge in [0.2, 0.25) is 0 Å². The van der Waals surface area contributed by atoms with Crippen molar-refractivity contribution in [2.45, 2.75) is 6.42 Å². The van der Waals surface area contributed by atoms with E-state index in [0.29, 0.717) is 6.54 Å². The van der Waals surface area contributed by atoms with Crippen LogP contribution in [0.15, 0.2) is 0 Å². The Labute approximate surface area is 65.9 Å². The monoisotopic (exact) mass is 181 g/mol. The van der Waals surface area contributed by atoms with E-state index in [-0.39, 0.29) is 11.7 Å². The van der Waals surface area contributed by atoms with Gasteiger partial charge in [-0.15, -0.1) is 0 Å². The predicted octanol–water partition coefficient (Wildman–Crippen LogP) is -0.0623. The molecule has 0 bridgehead atoms. The minimum atomic E-state index is -3.41. The molecular formula is C6H12FNO2S. The SMILES string of the molecule is O=S(=O)(CF)CC1CCNC1. The van der Waals surface area contributed by atoms with Crippen molar-refractivity contribution in [2.24, 2.45) is 5.92 Å². The van der Waals surface area contributed by atoms with Gasteiger partial charge in [-0.2, -0.15) is 0 Å². The van der Waals surface area contributed by atoms with Gasteiger partial charge >= 0.3 is 0 Å². The maximum absolute atomic E-state index is 11.8. The molecule has 1 heterocycles. The second-order valence-corrected chi connectivity index (χ2v) is 4.92. The molecule has 0 aliphatic carbocycles. The molecule has 1 aliphatic heterocycles. The van der Waals surface area contributed by atoms with Crippen LogP contribution in [0.1, 0.15) is 6.42 Å². The van der Waals surface area contributed by atoms with E-state index in [1.807, 2.05) is 0 Å². The zero-order valence-electron chi connectivity index (χ0n) is 6.22. The van der Waals surface area contributed by atoms with Crippen LogP contribution in [0.4, 0.5) is 4.39 Å². The zero-order chi connectivity index (χ0) is 8.32. The van der Waals surface area contributed by atoms with E-state index in [2.05, 4.69) is 5.32 Å². The van der Waals surface area contributed by atoms with Gasteiger partial charge in [-0.05, 0) is 25.4 Å². The van der Waals surface area contributed by atoms with Gasteiger partial charge in [-0.1, -0.05) is 0 Å². The molecule has 3 nitrogen and oxygen atoms in total. The summed E-state index contributed by atoms with van der Waals surface area (Å²) < 4.78 is 33.3. The van der Waals surface area contributed by atoms with Crippen LogP contribution in [0.3, 0.4) is 0 Å². The van der Waals surface area contributed by atoms with Gasteiger partial charge in [0.15, 0.2) is 15.8 Å². The fourth-order valence-electron chi connectivity index (χ4n) is 1.26. The minimum absolute atomic E-state index is 0.00347. The molecule has 5 heteroatoms. The third-order valence-electron chi connectivity index (χ3n) is 1.82. The number of nitrogens with one attached hydrogen (secondary N) is 1. The first kappa shape index (κ1) is 8.93. The van der Waals surface area contributed by atoms with Crippen LogP contribution in [0.25, 0.3) is 0 Å². The average Bonchev–Trinajstić information content (AvgIpc) is 2.39. The first-order chi connectivity index (χ1) is 5.14. The van der Waals surface area contributed by atoms with Gasteiger partial charge in [-0.3, -0.25) is 0 Å². The Balaban J connectivity index is 2.41. The smallest absolute Gasteiger partial charge is 0.190 e. The Hall–Kier alpha value is -0.160. The summed E-state index contributed by atoms with van der Waals surface area (Å²) in [5.41, 5.74) is 0. The minimum Gasteiger partial charge on any atom is -0.316 e. The molecule has 11 heavy (non-hydrogen) atoms. The highest BCUT2D eigenvalue weighted by atomic mass is 32.2. The molecular weight excluding hydrogens is 169 g/mol. The van der Waals surface area contributed by atoms with Crippen molar-refractivity contribution in [1.29, 1.82) is 0 Å².